The zero-order chi connectivity index (χ0) is 14.5. The van der Waals surface area contributed by atoms with Gasteiger partial charge in [0.15, 0.2) is 0 Å². The van der Waals surface area contributed by atoms with Crippen LogP contribution < -0.4 is 0 Å². The third kappa shape index (κ3) is 3.26. The molecular formula is C14H19N3O2S. The van der Waals surface area contributed by atoms with E-state index in [0.29, 0.717) is 18.0 Å². The van der Waals surface area contributed by atoms with Gasteiger partial charge in [0.2, 0.25) is 0 Å². The summed E-state index contributed by atoms with van der Waals surface area (Å²) in [4.78, 5) is 23.2. The Kier molecular flexibility index (Phi) is 4.92. The van der Waals surface area contributed by atoms with Gasteiger partial charge in [0.1, 0.15) is 0 Å². The molecule has 0 aliphatic carbocycles. The van der Waals surface area contributed by atoms with Crippen molar-refractivity contribution in [1.29, 1.82) is 0 Å². The van der Waals surface area contributed by atoms with E-state index in [-0.39, 0.29) is 12.5 Å². The van der Waals surface area contributed by atoms with Crippen LogP contribution in [0.25, 0.3) is 0 Å². The fourth-order valence-corrected chi connectivity index (χ4v) is 2.85. The number of carbonyl (C=O) groups is 1. The fraction of sp³-hybridized carbons (Fsp3) is 0.429. The number of imidazole rings is 1. The highest BCUT2D eigenvalue weighted by molar-refractivity contribution is 7.14. The van der Waals surface area contributed by atoms with Gasteiger partial charge in [0.25, 0.3) is 5.91 Å². The topological polar surface area (TPSA) is 69.2 Å². The van der Waals surface area contributed by atoms with Crippen molar-refractivity contribution < 1.29 is 9.90 Å². The molecule has 0 aromatic carbocycles. The number of aromatic nitrogens is 2. The van der Waals surface area contributed by atoms with E-state index >= 15 is 0 Å². The molecule has 0 spiro atoms. The SMILES string of the molecule is CCc1ccc(C(=O)N(CCO)Cc2nc[nH]c2C)s1. The molecular weight excluding hydrogens is 274 g/mol. The summed E-state index contributed by atoms with van der Waals surface area (Å²) < 4.78 is 0. The molecule has 108 valence electrons. The minimum absolute atomic E-state index is 0.0499. The van der Waals surface area contributed by atoms with Gasteiger partial charge < -0.3 is 15.0 Å². The molecule has 0 saturated heterocycles. The number of aromatic amines is 1. The van der Waals surface area contributed by atoms with Crippen molar-refractivity contribution in [2.45, 2.75) is 26.8 Å². The van der Waals surface area contributed by atoms with Gasteiger partial charge in [-0.3, -0.25) is 4.79 Å². The number of carbonyl (C=O) groups excluding carboxylic acids is 1. The molecule has 6 heteroatoms. The van der Waals surface area contributed by atoms with Crippen LogP contribution in [0.2, 0.25) is 0 Å². The molecule has 0 aliphatic heterocycles. The quantitative estimate of drug-likeness (QED) is 0.855. The van der Waals surface area contributed by atoms with Crippen molar-refractivity contribution in [1.82, 2.24) is 14.9 Å². The number of amides is 1. The van der Waals surface area contributed by atoms with Gasteiger partial charge in [-0.2, -0.15) is 0 Å². The Bertz CT molecular complexity index is 576. The van der Waals surface area contributed by atoms with E-state index in [4.69, 9.17) is 5.11 Å². The first-order valence-electron chi connectivity index (χ1n) is 6.63. The lowest BCUT2D eigenvalue weighted by Crippen LogP contribution is -2.33. The standard InChI is InChI=1S/C14H19N3O2S/c1-3-11-4-5-13(20-11)14(19)17(6-7-18)8-12-10(2)15-9-16-12/h4-5,9,18H,3,6-8H2,1-2H3,(H,15,16). The second-order valence-electron chi connectivity index (χ2n) is 4.54. The summed E-state index contributed by atoms with van der Waals surface area (Å²) in [5.41, 5.74) is 1.78. The molecule has 0 fully saturated rings. The molecule has 2 aromatic heterocycles. The summed E-state index contributed by atoms with van der Waals surface area (Å²) in [7, 11) is 0. The molecule has 0 radical (unpaired) electrons. The molecule has 5 nitrogen and oxygen atoms in total. The van der Waals surface area contributed by atoms with Gasteiger partial charge in [0, 0.05) is 17.1 Å². The van der Waals surface area contributed by atoms with Crippen LogP contribution in [-0.4, -0.2) is 39.0 Å². The Labute approximate surface area is 122 Å². The van der Waals surface area contributed by atoms with Crippen LogP contribution in [0.1, 0.15) is 32.9 Å². The van der Waals surface area contributed by atoms with Crippen LogP contribution in [0.4, 0.5) is 0 Å². The maximum Gasteiger partial charge on any atom is 0.264 e. The van der Waals surface area contributed by atoms with Gasteiger partial charge in [-0.05, 0) is 25.5 Å². The highest BCUT2D eigenvalue weighted by atomic mass is 32.1. The molecule has 2 N–H and O–H groups in total. The van der Waals surface area contributed by atoms with E-state index in [1.54, 1.807) is 11.2 Å². The zero-order valence-electron chi connectivity index (χ0n) is 11.7. The Balaban J connectivity index is 2.15. The molecule has 2 heterocycles. The minimum Gasteiger partial charge on any atom is -0.395 e. The summed E-state index contributed by atoms with van der Waals surface area (Å²) in [5, 5.41) is 9.16. The third-order valence-corrected chi connectivity index (χ3v) is 4.37. The summed E-state index contributed by atoms with van der Waals surface area (Å²) in [5.74, 6) is -0.0499. The fourth-order valence-electron chi connectivity index (χ4n) is 1.94. The summed E-state index contributed by atoms with van der Waals surface area (Å²) in [6.45, 7) is 4.66. The summed E-state index contributed by atoms with van der Waals surface area (Å²) in [6, 6.07) is 3.84. The van der Waals surface area contributed by atoms with Crippen molar-refractivity contribution in [2.24, 2.45) is 0 Å². The second kappa shape index (κ2) is 6.67. The van der Waals surface area contributed by atoms with Crippen molar-refractivity contribution in [2.75, 3.05) is 13.2 Å². The van der Waals surface area contributed by atoms with Crippen molar-refractivity contribution >= 4 is 17.2 Å². The number of aliphatic hydroxyl groups is 1. The second-order valence-corrected chi connectivity index (χ2v) is 5.71. The molecule has 0 aliphatic rings. The first-order chi connectivity index (χ1) is 9.65. The lowest BCUT2D eigenvalue weighted by atomic mass is 10.3. The van der Waals surface area contributed by atoms with Crippen LogP contribution in [0.15, 0.2) is 18.5 Å². The highest BCUT2D eigenvalue weighted by Gasteiger charge is 2.19. The lowest BCUT2D eigenvalue weighted by Gasteiger charge is -2.20. The van der Waals surface area contributed by atoms with E-state index in [1.807, 2.05) is 19.1 Å². The largest absolute Gasteiger partial charge is 0.395 e. The van der Waals surface area contributed by atoms with E-state index in [9.17, 15) is 4.79 Å². The molecule has 0 bridgehead atoms. The maximum absolute atomic E-state index is 12.5. The molecule has 2 rings (SSSR count). The smallest absolute Gasteiger partial charge is 0.264 e. The van der Waals surface area contributed by atoms with Gasteiger partial charge in [-0.15, -0.1) is 11.3 Å². The number of hydrogen-bond donors (Lipinski definition) is 2. The Hall–Kier alpha value is -1.66. The number of rotatable bonds is 6. The van der Waals surface area contributed by atoms with Crippen LogP contribution in [0.3, 0.4) is 0 Å². The van der Waals surface area contributed by atoms with Crippen LogP contribution in [-0.2, 0) is 13.0 Å². The number of thiophene rings is 1. The number of aryl methyl sites for hydroxylation is 2. The molecule has 1 amide bonds. The number of aliphatic hydroxyl groups excluding tert-OH is 1. The maximum atomic E-state index is 12.5. The monoisotopic (exact) mass is 293 g/mol. The Morgan fingerprint density at radius 1 is 1.50 bits per heavy atom. The molecule has 20 heavy (non-hydrogen) atoms. The highest BCUT2D eigenvalue weighted by Crippen LogP contribution is 2.20. The Morgan fingerprint density at radius 3 is 2.85 bits per heavy atom. The van der Waals surface area contributed by atoms with Crippen LogP contribution in [0, 0.1) is 6.92 Å². The van der Waals surface area contributed by atoms with Crippen molar-refractivity contribution in [3.63, 3.8) is 0 Å². The minimum atomic E-state index is -0.0543. The number of nitrogens with one attached hydrogen (secondary N) is 1. The zero-order valence-corrected chi connectivity index (χ0v) is 12.5. The van der Waals surface area contributed by atoms with Gasteiger partial charge in [0.05, 0.1) is 30.1 Å². The first kappa shape index (κ1) is 14.7. The van der Waals surface area contributed by atoms with Gasteiger partial charge in [-0.25, -0.2) is 4.98 Å². The van der Waals surface area contributed by atoms with E-state index in [1.165, 1.54) is 16.2 Å². The average Bonchev–Trinajstić information content (AvgIpc) is 3.07. The van der Waals surface area contributed by atoms with Crippen molar-refractivity contribution in [3.8, 4) is 0 Å². The average molecular weight is 293 g/mol. The summed E-state index contributed by atoms with van der Waals surface area (Å²) in [6.07, 6.45) is 2.54. The van der Waals surface area contributed by atoms with Crippen LogP contribution >= 0.6 is 11.3 Å². The number of nitrogens with zero attached hydrogens (tertiary/aromatic N) is 2. The molecule has 2 aromatic rings. The normalized spacial score (nSPS) is 10.8. The van der Waals surface area contributed by atoms with Crippen molar-refractivity contribution in [3.05, 3.63) is 39.6 Å². The van der Waals surface area contributed by atoms with Gasteiger partial charge >= 0.3 is 0 Å². The summed E-state index contributed by atoms with van der Waals surface area (Å²) >= 11 is 1.51. The third-order valence-electron chi connectivity index (χ3n) is 3.15. The lowest BCUT2D eigenvalue weighted by molar-refractivity contribution is 0.0710. The predicted octanol–water partition coefficient (Wildman–Crippen LogP) is 1.98. The predicted molar refractivity (Wildman–Crippen MR) is 78.8 cm³/mol. The molecule has 0 unspecified atom stereocenters. The van der Waals surface area contributed by atoms with Gasteiger partial charge in [-0.1, -0.05) is 6.92 Å². The van der Waals surface area contributed by atoms with E-state index in [0.717, 1.165) is 17.8 Å². The molecule has 0 saturated carbocycles. The molecule has 0 atom stereocenters. The van der Waals surface area contributed by atoms with E-state index in [2.05, 4.69) is 16.9 Å². The number of hydrogen-bond acceptors (Lipinski definition) is 4. The van der Waals surface area contributed by atoms with E-state index < -0.39 is 0 Å². The van der Waals surface area contributed by atoms with Crippen LogP contribution in [0.5, 0.6) is 0 Å². The first-order valence-corrected chi connectivity index (χ1v) is 7.45. The number of H-pyrrole nitrogens is 1. The Morgan fingerprint density at radius 2 is 2.30 bits per heavy atom.